The number of piperazine rings is 1. The molecule has 2 aliphatic rings. The molecule has 0 aromatic carbocycles. The minimum absolute atomic E-state index is 0.0542. The van der Waals surface area contributed by atoms with Gasteiger partial charge in [-0.25, -0.2) is 14.2 Å². The minimum atomic E-state index is -4.49. The van der Waals surface area contributed by atoms with Crippen molar-refractivity contribution in [1.82, 2.24) is 9.88 Å². The Hall–Kier alpha value is -2.06. The molecule has 25 heavy (non-hydrogen) atoms. The van der Waals surface area contributed by atoms with Gasteiger partial charge in [-0.2, -0.15) is 13.2 Å². The van der Waals surface area contributed by atoms with Crippen molar-refractivity contribution in [2.24, 2.45) is 0 Å². The third kappa shape index (κ3) is 3.36. The molecule has 1 aromatic heterocycles. The molecule has 2 bridgehead atoms. The molecule has 3 atom stereocenters. The molecule has 2 fully saturated rings. The van der Waals surface area contributed by atoms with Crippen LogP contribution in [0.2, 0.25) is 0 Å². The maximum Gasteiger partial charge on any atom is 0.416 e. The molecule has 0 aliphatic carbocycles. The lowest BCUT2D eigenvalue weighted by molar-refractivity contribution is -0.137. The van der Waals surface area contributed by atoms with Crippen LogP contribution in [0.5, 0.6) is 0 Å². The summed E-state index contributed by atoms with van der Waals surface area (Å²) < 4.78 is 58.4. The Balaban J connectivity index is 1.77. The Kier molecular flexibility index (Phi) is 4.08. The molecule has 1 amide bonds. The van der Waals surface area contributed by atoms with Gasteiger partial charge in [-0.15, -0.1) is 0 Å². The smallest absolute Gasteiger partial charge is 0.416 e. The van der Waals surface area contributed by atoms with Gasteiger partial charge in [0.2, 0.25) is 0 Å². The van der Waals surface area contributed by atoms with Crippen molar-refractivity contribution in [2.45, 2.75) is 50.8 Å². The van der Waals surface area contributed by atoms with Gasteiger partial charge < -0.3 is 9.64 Å². The molecule has 0 N–H and O–H groups in total. The molecule has 9 heteroatoms. The molecule has 3 heterocycles. The quantitative estimate of drug-likeness (QED) is 0.721. The van der Waals surface area contributed by atoms with Crippen LogP contribution in [0.1, 0.15) is 26.3 Å². The summed E-state index contributed by atoms with van der Waals surface area (Å²) >= 11 is 0. The molecular formula is C16H19F4N3O2. The number of amides is 1. The second kappa shape index (κ2) is 5.74. The number of halogens is 4. The zero-order chi connectivity index (χ0) is 18.6. The lowest BCUT2D eigenvalue weighted by Gasteiger charge is -2.35. The number of likely N-dealkylation sites (tertiary alicyclic amines) is 1. The van der Waals surface area contributed by atoms with Crippen molar-refractivity contribution in [3.05, 3.63) is 23.9 Å². The van der Waals surface area contributed by atoms with Gasteiger partial charge in [0.05, 0.1) is 17.6 Å². The summed E-state index contributed by atoms with van der Waals surface area (Å²) in [4.78, 5) is 18.9. The van der Waals surface area contributed by atoms with E-state index in [2.05, 4.69) is 4.98 Å². The SMILES string of the molecule is CC(C)(C)OC(=O)N1CC2C(F)C1CN2c1cc(C(F)(F)F)ccn1. The maximum absolute atomic E-state index is 14.5. The van der Waals surface area contributed by atoms with Gasteiger partial charge in [-0.1, -0.05) is 0 Å². The average Bonchev–Trinajstić information content (AvgIpc) is 2.97. The van der Waals surface area contributed by atoms with Crippen molar-refractivity contribution in [1.29, 1.82) is 0 Å². The van der Waals surface area contributed by atoms with Gasteiger partial charge in [0, 0.05) is 19.3 Å². The summed E-state index contributed by atoms with van der Waals surface area (Å²) in [5.74, 6) is 0.0637. The molecule has 3 rings (SSSR count). The standard InChI is InChI=1S/C16H19F4N3O2/c1-15(2,3)25-14(24)23-8-10-13(17)11(23)7-22(10)12-6-9(4-5-21-12)16(18,19)20/h4-6,10-11,13H,7-8H2,1-3H3. The van der Waals surface area contributed by atoms with Crippen LogP contribution in [0.25, 0.3) is 0 Å². The number of aromatic nitrogens is 1. The van der Waals surface area contributed by atoms with Crippen molar-refractivity contribution in [3.8, 4) is 0 Å². The molecule has 2 aliphatic heterocycles. The highest BCUT2D eigenvalue weighted by Gasteiger charge is 2.55. The summed E-state index contributed by atoms with van der Waals surface area (Å²) in [5, 5.41) is 0. The number of anilines is 1. The van der Waals surface area contributed by atoms with Crippen LogP contribution in [-0.4, -0.2) is 52.9 Å². The first-order valence-corrected chi connectivity index (χ1v) is 7.91. The largest absolute Gasteiger partial charge is 0.444 e. The topological polar surface area (TPSA) is 45.7 Å². The highest BCUT2D eigenvalue weighted by molar-refractivity contribution is 5.70. The maximum atomic E-state index is 14.5. The fourth-order valence-electron chi connectivity index (χ4n) is 3.22. The molecule has 3 unspecified atom stereocenters. The number of carbonyl (C=O) groups is 1. The van der Waals surface area contributed by atoms with Crippen LogP contribution >= 0.6 is 0 Å². The lowest BCUT2D eigenvalue weighted by Crippen LogP contribution is -2.50. The molecule has 2 saturated heterocycles. The van der Waals surface area contributed by atoms with Crippen molar-refractivity contribution in [3.63, 3.8) is 0 Å². The molecule has 0 saturated carbocycles. The van der Waals surface area contributed by atoms with E-state index in [1.54, 1.807) is 20.8 Å². The number of carbonyl (C=O) groups excluding carboxylic acids is 1. The third-order valence-electron chi connectivity index (χ3n) is 4.30. The summed E-state index contributed by atoms with van der Waals surface area (Å²) in [6, 6.07) is 0.299. The number of fused-ring (bicyclic) bond motifs is 2. The molecule has 5 nitrogen and oxygen atoms in total. The highest BCUT2D eigenvalue weighted by atomic mass is 19.4. The Morgan fingerprint density at radius 2 is 1.92 bits per heavy atom. The van der Waals surface area contributed by atoms with E-state index in [1.807, 2.05) is 0 Å². The van der Waals surface area contributed by atoms with E-state index >= 15 is 0 Å². The van der Waals surface area contributed by atoms with E-state index in [9.17, 15) is 22.4 Å². The monoisotopic (exact) mass is 361 g/mol. The van der Waals surface area contributed by atoms with Crippen LogP contribution in [0, 0.1) is 0 Å². The first kappa shape index (κ1) is 17.8. The number of nitrogens with zero attached hydrogens (tertiary/aromatic N) is 3. The van der Waals surface area contributed by atoms with Crippen molar-refractivity contribution in [2.75, 3.05) is 18.0 Å². The molecule has 0 spiro atoms. The minimum Gasteiger partial charge on any atom is -0.444 e. The van der Waals surface area contributed by atoms with Crippen LogP contribution in [-0.2, 0) is 10.9 Å². The Labute approximate surface area is 142 Å². The van der Waals surface area contributed by atoms with Gasteiger partial charge in [-0.05, 0) is 32.9 Å². The Morgan fingerprint density at radius 1 is 1.24 bits per heavy atom. The zero-order valence-electron chi connectivity index (χ0n) is 14.0. The van der Waals surface area contributed by atoms with Crippen molar-refractivity contribution < 1.29 is 27.1 Å². The number of pyridine rings is 1. The fourth-order valence-corrected chi connectivity index (χ4v) is 3.22. The molecule has 0 radical (unpaired) electrons. The summed E-state index contributed by atoms with van der Waals surface area (Å²) in [5.41, 5.74) is -1.54. The normalized spacial score (nSPS) is 26.3. The Bertz CT molecular complexity index is 674. The fraction of sp³-hybridized carbons (Fsp3) is 0.625. The van der Waals surface area contributed by atoms with E-state index in [0.717, 1.165) is 18.3 Å². The van der Waals surface area contributed by atoms with Crippen LogP contribution in [0.4, 0.5) is 28.2 Å². The first-order valence-electron chi connectivity index (χ1n) is 7.91. The predicted molar refractivity (Wildman–Crippen MR) is 82.0 cm³/mol. The number of hydrogen-bond acceptors (Lipinski definition) is 4. The van der Waals surface area contributed by atoms with E-state index in [4.69, 9.17) is 4.74 Å². The van der Waals surface area contributed by atoms with Crippen molar-refractivity contribution >= 4 is 11.9 Å². The summed E-state index contributed by atoms with van der Waals surface area (Å²) in [6.07, 6.45) is -5.40. The highest BCUT2D eigenvalue weighted by Crippen LogP contribution is 2.38. The van der Waals surface area contributed by atoms with E-state index in [1.165, 1.54) is 9.80 Å². The Morgan fingerprint density at radius 3 is 2.44 bits per heavy atom. The second-order valence-corrected chi connectivity index (χ2v) is 7.26. The van der Waals surface area contributed by atoms with Gasteiger partial charge in [0.15, 0.2) is 0 Å². The van der Waals surface area contributed by atoms with E-state index < -0.39 is 41.7 Å². The number of hydrogen-bond donors (Lipinski definition) is 0. The summed E-state index contributed by atoms with van der Waals surface area (Å²) in [7, 11) is 0. The van der Waals surface area contributed by atoms with Crippen LogP contribution in [0.3, 0.4) is 0 Å². The average molecular weight is 361 g/mol. The zero-order valence-corrected chi connectivity index (χ0v) is 14.0. The molecule has 138 valence electrons. The number of rotatable bonds is 1. The number of alkyl halides is 4. The first-order chi connectivity index (χ1) is 11.5. The number of ether oxygens (including phenoxy) is 1. The van der Waals surface area contributed by atoms with E-state index in [0.29, 0.717) is 0 Å². The summed E-state index contributed by atoms with van der Waals surface area (Å²) in [6.45, 7) is 5.28. The van der Waals surface area contributed by atoms with Gasteiger partial charge in [0.1, 0.15) is 17.6 Å². The van der Waals surface area contributed by atoms with Gasteiger partial charge >= 0.3 is 12.3 Å². The lowest BCUT2D eigenvalue weighted by atomic mass is 10.2. The van der Waals surface area contributed by atoms with Crippen LogP contribution in [0.15, 0.2) is 18.3 Å². The predicted octanol–water partition coefficient (Wildman–Crippen LogP) is 3.25. The second-order valence-electron chi connectivity index (χ2n) is 7.26. The van der Waals surface area contributed by atoms with Gasteiger partial charge in [-0.3, -0.25) is 4.90 Å². The molecule has 1 aromatic rings. The third-order valence-corrected chi connectivity index (χ3v) is 4.30. The van der Waals surface area contributed by atoms with E-state index in [-0.39, 0.29) is 18.9 Å². The van der Waals surface area contributed by atoms with Gasteiger partial charge in [0.25, 0.3) is 0 Å². The molecular weight excluding hydrogens is 342 g/mol. The van der Waals surface area contributed by atoms with Crippen LogP contribution < -0.4 is 4.90 Å².